The molecule has 0 aromatic rings. The van der Waals surface area contributed by atoms with Crippen molar-refractivity contribution < 1.29 is 4.79 Å². The van der Waals surface area contributed by atoms with Gasteiger partial charge < -0.3 is 10.6 Å². The molecule has 1 amide bonds. The molecule has 0 aliphatic rings. The summed E-state index contributed by atoms with van der Waals surface area (Å²) in [6.45, 7) is 8.86. The van der Waals surface area contributed by atoms with Gasteiger partial charge in [-0.15, -0.1) is 0 Å². The summed E-state index contributed by atoms with van der Waals surface area (Å²) in [6, 6.07) is 0.696. The first-order chi connectivity index (χ1) is 7.60. The Hall–Kier alpha value is -0.220. The Labute approximate surface area is 104 Å². The average molecular weight is 246 g/mol. The van der Waals surface area contributed by atoms with E-state index in [9.17, 15) is 4.79 Å². The summed E-state index contributed by atoms with van der Waals surface area (Å²) in [7, 11) is 0. The number of amides is 1. The second-order valence-electron chi connectivity index (χ2n) is 4.14. The van der Waals surface area contributed by atoms with E-state index in [1.807, 2.05) is 11.8 Å². The molecule has 0 aliphatic carbocycles. The van der Waals surface area contributed by atoms with Gasteiger partial charge in [-0.2, -0.15) is 11.8 Å². The molecule has 0 spiro atoms. The summed E-state index contributed by atoms with van der Waals surface area (Å²) in [5.74, 6) is 2.38. The van der Waals surface area contributed by atoms with Crippen molar-refractivity contribution in [2.45, 2.75) is 52.6 Å². The predicted octanol–water partition coefficient (Wildman–Crippen LogP) is 2.02. The van der Waals surface area contributed by atoms with Crippen LogP contribution in [0.2, 0.25) is 0 Å². The van der Waals surface area contributed by atoms with E-state index in [-0.39, 0.29) is 11.9 Å². The van der Waals surface area contributed by atoms with Gasteiger partial charge in [0.15, 0.2) is 0 Å². The summed E-state index contributed by atoms with van der Waals surface area (Å²) >= 11 is 1.92. The van der Waals surface area contributed by atoms with Gasteiger partial charge in [0.2, 0.25) is 5.91 Å². The van der Waals surface area contributed by atoms with E-state index in [4.69, 9.17) is 0 Å². The number of thioether (sulfide) groups is 1. The normalized spacial score (nSPS) is 14.5. The van der Waals surface area contributed by atoms with Gasteiger partial charge in [-0.05, 0) is 38.2 Å². The summed E-state index contributed by atoms with van der Waals surface area (Å²) < 4.78 is 0. The van der Waals surface area contributed by atoms with Crippen LogP contribution in [-0.2, 0) is 4.79 Å². The average Bonchev–Trinajstić information content (AvgIpc) is 2.26. The van der Waals surface area contributed by atoms with Crippen LogP contribution in [0.4, 0.5) is 0 Å². The third kappa shape index (κ3) is 9.04. The van der Waals surface area contributed by atoms with Crippen LogP contribution in [0.15, 0.2) is 0 Å². The molecule has 0 radical (unpaired) electrons. The SMILES string of the molecule is CCSCCC(C)NC(=O)CNC(C)CC. The number of carbonyl (C=O) groups is 1. The van der Waals surface area contributed by atoms with Gasteiger partial charge in [0.25, 0.3) is 0 Å². The Balaban J connectivity index is 3.54. The minimum Gasteiger partial charge on any atom is -0.353 e. The predicted molar refractivity (Wildman–Crippen MR) is 73.0 cm³/mol. The van der Waals surface area contributed by atoms with Gasteiger partial charge in [0.05, 0.1) is 6.54 Å². The van der Waals surface area contributed by atoms with Gasteiger partial charge >= 0.3 is 0 Å². The second kappa shape index (κ2) is 9.97. The second-order valence-corrected chi connectivity index (χ2v) is 5.54. The molecule has 0 saturated carbocycles. The van der Waals surface area contributed by atoms with Crippen LogP contribution in [0, 0.1) is 0 Å². The lowest BCUT2D eigenvalue weighted by atomic mass is 10.2. The summed E-state index contributed by atoms with van der Waals surface area (Å²) in [5, 5.41) is 6.19. The van der Waals surface area contributed by atoms with Crippen LogP contribution in [0.3, 0.4) is 0 Å². The van der Waals surface area contributed by atoms with Crippen molar-refractivity contribution in [1.29, 1.82) is 0 Å². The maximum absolute atomic E-state index is 11.5. The molecule has 0 aromatic heterocycles. The lowest BCUT2D eigenvalue weighted by Crippen LogP contribution is -2.41. The fourth-order valence-electron chi connectivity index (χ4n) is 1.21. The molecule has 0 rings (SSSR count). The third-order valence-corrected chi connectivity index (χ3v) is 3.46. The third-order valence-electron chi connectivity index (χ3n) is 2.53. The molecule has 0 heterocycles. The molecule has 4 heteroatoms. The van der Waals surface area contributed by atoms with E-state index in [1.54, 1.807) is 0 Å². The van der Waals surface area contributed by atoms with Crippen LogP contribution in [-0.4, -0.2) is 36.0 Å². The van der Waals surface area contributed by atoms with Crippen molar-refractivity contribution in [3.63, 3.8) is 0 Å². The fourth-order valence-corrected chi connectivity index (χ4v) is 2.02. The quantitative estimate of drug-likeness (QED) is 0.612. The van der Waals surface area contributed by atoms with Crippen molar-refractivity contribution >= 4 is 17.7 Å². The Morgan fingerprint density at radius 1 is 1.25 bits per heavy atom. The van der Waals surface area contributed by atoms with Gasteiger partial charge in [-0.3, -0.25) is 4.79 Å². The fraction of sp³-hybridized carbons (Fsp3) is 0.917. The largest absolute Gasteiger partial charge is 0.353 e. The molecular formula is C12H26N2OS. The minimum atomic E-state index is 0.106. The molecule has 3 nitrogen and oxygen atoms in total. The highest BCUT2D eigenvalue weighted by Gasteiger charge is 2.07. The van der Waals surface area contributed by atoms with E-state index in [1.165, 1.54) is 0 Å². The van der Waals surface area contributed by atoms with Crippen LogP contribution < -0.4 is 10.6 Å². The Bertz CT molecular complexity index is 188. The highest BCUT2D eigenvalue weighted by Crippen LogP contribution is 2.03. The van der Waals surface area contributed by atoms with Gasteiger partial charge in [-0.25, -0.2) is 0 Å². The molecule has 2 N–H and O–H groups in total. The first-order valence-corrected chi connectivity index (χ1v) is 7.36. The van der Waals surface area contributed by atoms with Crippen LogP contribution in [0.25, 0.3) is 0 Å². The van der Waals surface area contributed by atoms with Crippen molar-refractivity contribution in [2.75, 3.05) is 18.1 Å². The Morgan fingerprint density at radius 2 is 1.94 bits per heavy atom. The minimum absolute atomic E-state index is 0.106. The maximum atomic E-state index is 11.5. The van der Waals surface area contributed by atoms with E-state index < -0.39 is 0 Å². The number of hydrogen-bond donors (Lipinski definition) is 2. The number of nitrogens with one attached hydrogen (secondary N) is 2. The topological polar surface area (TPSA) is 41.1 Å². The Morgan fingerprint density at radius 3 is 2.50 bits per heavy atom. The van der Waals surface area contributed by atoms with Crippen LogP contribution in [0.1, 0.15) is 40.5 Å². The lowest BCUT2D eigenvalue weighted by molar-refractivity contribution is -0.120. The van der Waals surface area contributed by atoms with Crippen molar-refractivity contribution in [2.24, 2.45) is 0 Å². The molecule has 0 aromatic carbocycles. The van der Waals surface area contributed by atoms with Gasteiger partial charge in [0, 0.05) is 12.1 Å². The highest BCUT2D eigenvalue weighted by molar-refractivity contribution is 7.99. The van der Waals surface area contributed by atoms with E-state index >= 15 is 0 Å². The molecule has 0 bridgehead atoms. The zero-order valence-corrected chi connectivity index (χ0v) is 11.8. The molecular weight excluding hydrogens is 220 g/mol. The molecule has 2 unspecified atom stereocenters. The van der Waals surface area contributed by atoms with Crippen LogP contribution >= 0.6 is 11.8 Å². The highest BCUT2D eigenvalue weighted by atomic mass is 32.2. The van der Waals surface area contributed by atoms with Crippen molar-refractivity contribution in [3.8, 4) is 0 Å². The number of rotatable bonds is 9. The zero-order chi connectivity index (χ0) is 12.4. The zero-order valence-electron chi connectivity index (χ0n) is 11.0. The van der Waals surface area contributed by atoms with E-state index in [2.05, 4.69) is 38.3 Å². The van der Waals surface area contributed by atoms with Gasteiger partial charge in [-0.1, -0.05) is 13.8 Å². The van der Waals surface area contributed by atoms with Crippen molar-refractivity contribution in [1.82, 2.24) is 10.6 Å². The summed E-state index contributed by atoms with van der Waals surface area (Å²) in [6.07, 6.45) is 2.10. The molecule has 0 fully saturated rings. The van der Waals surface area contributed by atoms with E-state index in [0.29, 0.717) is 12.6 Å². The molecule has 0 aliphatic heterocycles. The maximum Gasteiger partial charge on any atom is 0.234 e. The standard InChI is InChI=1S/C12H26N2OS/c1-5-10(3)13-9-12(15)14-11(4)7-8-16-6-2/h10-11,13H,5-9H2,1-4H3,(H,14,15). The number of carbonyl (C=O) groups excluding carboxylic acids is 1. The molecule has 96 valence electrons. The monoisotopic (exact) mass is 246 g/mol. The lowest BCUT2D eigenvalue weighted by Gasteiger charge is -2.15. The summed E-state index contributed by atoms with van der Waals surface area (Å²) in [5.41, 5.74) is 0. The Kier molecular flexibility index (Phi) is 9.83. The first kappa shape index (κ1) is 15.8. The number of hydrogen-bond acceptors (Lipinski definition) is 3. The van der Waals surface area contributed by atoms with Gasteiger partial charge in [0.1, 0.15) is 0 Å². The molecule has 0 saturated heterocycles. The smallest absolute Gasteiger partial charge is 0.234 e. The molecule has 2 atom stereocenters. The van der Waals surface area contributed by atoms with Crippen LogP contribution in [0.5, 0.6) is 0 Å². The molecule has 16 heavy (non-hydrogen) atoms. The van der Waals surface area contributed by atoms with Crippen molar-refractivity contribution in [3.05, 3.63) is 0 Å². The van der Waals surface area contributed by atoms with E-state index in [0.717, 1.165) is 24.3 Å². The summed E-state index contributed by atoms with van der Waals surface area (Å²) in [4.78, 5) is 11.5. The first-order valence-electron chi connectivity index (χ1n) is 6.20.